The Morgan fingerprint density at radius 3 is 1.95 bits per heavy atom. The lowest BCUT2D eigenvalue weighted by Crippen LogP contribution is -2.49. The van der Waals surface area contributed by atoms with Gasteiger partial charge in [-0.05, 0) is 70.1 Å². The van der Waals surface area contributed by atoms with Crippen molar-refractivity contribution in [3.63, 3.8) is 0 Å². The molecule has 1 heterocycles. The molecule has 4 aliphatic rings. The number of anilines is 1. The van der Waals surface area contributed by atoms with Gasteiger partial charge in [0, 0.05) is 16.7 Å². The molecule has 4 saturated carbocycles. The van der Waals surface area contributed by atoms with Gasteiger partial charge in [0.2, 0.25) is 0 Å². The maximum atomic E-state index is 6.29. The summed E-state index contributed by atoms with van der Waals surface area (Å²) in [6.07, 6.45) is 8.38. The van der Waals surface area contributed by atoms with Crippen molar-refractivity contribution in [1.82, 2.24) is 9.97 Å². The average molecular weight is 257 g/mol. The first kappa shape index (κ1) is 11.7. The van der Waals surface area contributed by atoms with E-state index >= 15 is 0 Å². The van der Waals surface area contributed by atoms with E-state index in [1.165, 1.54) is 44.1 Å². The van der Waals surface area contributed by atoms with Gasteiger partial charge in [-0.25, -0.2) is 9.97 Å². The molecule has 3 heteroatoms. The van der Waals surface area contributed by atoms with E-state index in [1.807, 2.05) is 6.92 Å². The number of nitrogens with two attached hydrogens (primary N) is 1. The van der Waals surface area contributed by atoms with E-state index in [2.05, 4.69) is 16.9 Å². The van der Waals surface area contributed by atoms with Gasteiger partial charge in [-0.1, -0.05) is 0 Å². The third kappa shape index (κ3) is 1.63. The quantitative estimate of drug-likeness (QED) is 0.841. The van der Waals surface area contributed by atoms with Crippen molar-refractivity contribution in [2.75, 3.05) is 5.73 Å². The fraction of sp³-hybridized carbons (Fsp3) is 0.750. The Balaban J connectivity index is 1.84. The number of aryl methyl sites for hydroxylation is 2. The summed E-state index contributed by atoms with van der Waals surface area (Å²) in [4.78, 5) is 9.06. The number of nitrogen functional groups attached to an aromatic ring is 1. The third-order valence-corrected chi connectivity index (χ3v) is 5.80. The lowest BCUT2D eigenvalue weighted by atomic mass is 9.48. The molecule has 0 spiro atoms. The van der Waals surface area contributed by atoms with E-state index in [-0.39, 0.29) is 0 Å². The molecular formula is C16H23N3. The molecule has 5 rings (SSSR count). The Morgan fingerprint density at radius 2 is 1.47 bits per heavy atom. The standard InChI is InChI=1S/C16H23N3/c1-9-14(15(17)19-10(2)18-9)16-6-11-3-12(7-16)5-13(4-11)8-16/h11-13H,3-8H2,1-2H3,(H2,17,18,19). The predicted octanol–water partition coefficient (Wildman–Crippen LogP) is 3.14. The maximum absolute atomic E-state index is 6.29. The van der Waals surface area contributed by atoms with Gasteiger partial charge in [-0.15, -0.1) is 0 Å². The predicted molar refractivity (Wildman–Crippen MR) is 75.8 cm³/mol. The van der Waals surface area contributed by atoms with E-state index < -0.39 is 0 Å². The highest BCUT2D eigenvalue weighted by molar-refractivity contribution is 5.48. The molecule has 0 saturated heterocycles. The van der Waals surface area contributed by atoms with Crippen molar-refractivity contribution in [3.8, 4) is 0 Å². The van der Waals surface area contributed by atoms with E-state index in [0.29, 0.717) is 5.41 Å². The number of rotatable bonds is 1. The van der Waals surface area contributed by atoms with Crippen LogP contribution in [0.1, 0.15) is 55.6 Å². The van der Waals surface area contributed by atoms with Crippen molar-refractivity contribution in [2.24, 2.45) is 17.8 Å². The number of nitrogens with zero attached hydrogens (tertiary/aromatic N) is 2. The lowest BCUT2D eigenvalue weighted by molar-refractivity contribution is -0.00542. The van der Waals surface area contributed by atoms with Gasteiger partial charge in [-0.3, -0.25) is 0 Å². The minimum absolute atomic E-state index is 0.316. The highest BCUT2D eigenvalue weighted by Crippen LogP contribution is 2.61. The summed E-state index contributed by atoms with van der Waals surface area (Å²) in [7, 11) is 0. The van der Waals surface area contributed by atoms with Gasteiger partial charge in [0.15, 0.2) is 0 Å². The Hall–Kier alpha value is -1.12. The highest BCUT2D eigenvalue weighted by atomic mass is 15.0. The van der Waals surface area contributed by atoms with Crippen LogP contribution in [-0.2, 0) is 5.41 Å². The highest BCUT2D eigenvalue weighted by Gasteiger charge is 2.53. The second kappa shape index (κ2) is 3.71. The number of aromatic nitrogens is 2. The molecule has 4 aliphatic carbocycles. The van der Waals surface area contributed by atoms with Crippen molar-refractivity contribution in [2.45, 2.75) is 57.8 Å². The van der Waals surface area contributed by atoms with Crippen molar-refractivity contribution in [1.29, 1.82) is 0 Å². The fourth-order valence-electron chi connectivity index (χ4n) is 5.81. The molecule has 4 fully saturated rings. The second-order valence-electron chi connectivity index (χ2n) is 7.31. The number of hydrogen-bond donors (Lipinski definition) is 1. The van der Waals surface area contributed by atoms with Crippen LogP contribution in [0.2, 0.25) is 0 Å². The van der Waals surface area contributed by atoms with Crippen LogP contribution in [0.3, 0.4) is 0 Å². The summed E-state index contributed by atoms with van der Waals surface area (Å²) in [6, 6.07) is 0. The van der Waals surface area contributed by atoms with Gasteiger partial charge in [-0.2, -0.15) is 0 Å². The SMILES string of the molecule is Cc1nc(C)c(C23CC4CC(CC(C4)C2)C3)c(N)n1. The summed E-state index contributed by atoms with van der Waals surface area (Å²) in [6.45, 7) is 4.06. The van der Waals surface area contributed by atoms with Gasteiger partial charge < -0.3 is 5.73 Å². The molecule has 0 unspecified atom stereocenters. The lowest BCUT2D eigenvalue weighted by Gasteiger charge is -2.57. The molecule has 4 bridgehead atoms. The van der Waals surface area contributed by atoms with Crippen LogP contribution in [0.4, 0.5) is 5.82 Å². The Morgan fingerprint density at radius 1 is 0.947 bits per heavy atom. The monoisotopic (exact) mass is 257 g/mol. The average Bonchev–Trinajstić information content (AvgIpc) is 2.24. The first-order valence-electron chi connectivity index (χ1n) is 7.67. The first-order chi connectivity index (χ1) is 9.06. The van der Waals surface area contributed by atoms with Crippen LogP contribution in [0.25, 0.3) is 0 Å². The largest absolute Gasteiger partial charge is 0.383 e. The minimum atomic E-state index is 0.316. The summed E-state index contributed by atoms with van der Waals surface area (Å²) >= 11 is 0. The Kier molecular flexibility index (Phi) is 2.28. The van der Waals surface area contributed by atoms with E-state index in [4.69, 9.17) is 5.73 Å². The fourth-order valence-corrected chi connectivity index (χ4v) is 5.81. The molecule has 1 aromatic heterocycles. The molecule has 1 aromatic rings. The minimum Gasteiger partial charge on any atom is -0.383 e. The molecule has 0 aliphatic heterocycles. The van der Waals surface area contributed by atoms with Crippen LogP contribution in [0.5, 0.6) is 0 Å². The summed E-state index contributed by atoms with van der Waals surface area (Å²) in [5, 5.41) is 0. The zero-order chi connectivity index (χ0) is 13.2. The molecule has 3 nitrogen and oxygen atoms in total. The Bertz CT molecular complexity index is 477. The van der Waals surface area contributed by atoms with Crippen molar-refractivity contribution in [3.05, 3.63) is 17.1 Å². The van der Waals surface area contributed by atoms with Crippen LogP contribution in [0.15, 0.2) is 0 Å². The normalized spacial score (nSPS) is 39.8. The summed E-state index contributed by atoms with van der Waals surface area (Å²) in [5.74, 6) is 4.37. The second-order valence-corrected chi connectivity index (χ2v) is 7.31. The zero-order valence-corrected chi connectivity index (χ0v) is 11.9. The van der Waals surface area contributed by atoms with Crippen molar-refractivity contribution < 1.29 is 0 Å². The first-order valence-corrected chi connectivity index (χ1v) is 7.67. The molecule has 19 heavy (non-hydrogen) atoms. The molecule has 0 amide bonds. The molecule has 102 valence electrons. The van der Waals surface area contributed by atoms with Gasteiger partial charge in [0.1, 0.15) is 11.6 Å². The maximum Gasteiger partial charge on any atom is 0.131 e. The van der Waals surface area contributed by atoms with Gasteiger partial charge in [0.25, 0.3) is 0 Å². The van der Waals surface area contributed by atoms with E-state index in [1.54, 1.807) is 0 Å². The summed E-state index contributed by atoms with van der Waals surface area (Å²) in [5.41, 5.74) is 9.04. The Labute approximate surface area is 115 Å². The molecule has 0 aromatic carbocycles. The van der Waals surface area contributed by atoms with Crippen LogP contribution in [0, 0.1) is 31.6 Å². The molecule has 0 radical (unpaired) electrons. The molecular weight excluding hydrogens is 234 g/mol. The van der Waals surface area contributed by atoms with Crippen molar-refractivity contribution >= 4 is 5.82 Å². The van der Waals surface area contributed by atoms with Crippen LogP contribution >= 0.6 is 0 Å². The smallest absolute Gasteiger partial charge is 0.131 e. The number of hydrogen-bond acceptors (Lipinski definition) is 3. The zero-order valence-electron chi connectivity index (χ0n) is 11.9. The molecule has 0 atom stereocenters. The van der Waals surface area contributed by atoms with Gasteiger partial charge in [0.05, 0.1) is 0 Å². The third-order valence-electron chi connectivity index (χ3n) is 5.80. The topological polar surface area (TPSA) is 51.8 Å². The van der Waals surface area contributed by atoms with E-state index in [9.17, 15) is 0 Å². The van der Waals surface area contributed by atoms with Gasteiger partial charge >= 0.3 is 0 Å². The van der Waals surface area contributed by atoms with Crippen LogP contribution in [-0.4, -0.2) is 9.97 Å². The van der Waals surface area contributed by atoms with E-state index in [0.717, 1.165) is 35.1 Å². The van der Waals surface area contributed by atoms with Crippen LogP contribution < -0.4 is 5.73 Å². The molecule has 2 N–H and O–H groups in total. The summed E-state index contributed by atoms with van der Waals surface area (Å²) < 4.78 is 0.